The van der Waals surface area contributed by atoms with Gasteiger partial charge in [0, 0.05) is 5.92 Å². The summed E-state index contributed by atoms with van der Waals surface area (Å²) in [4.78, 5) is 4.46. The van der Waals surface area contributed by atoms with E-state index in [-0.39, 0.29) is 11.2 Å². The molecule has 0 radical (unpaired) electrons. The SMILES string of the molecule is CC(CN=C1OC(C)(C)C(C)(C)O1)c1ccccc1. The van der Waals surface area contributed by atoms with Gasteiger partial charge in [-0.05, 0) is 33.3 Å². The number of nitrogens with zero attached hydrogens (tertiary/aromatic N) is 1. The molecule has 1 atom stereocenters. The van der Waals surface area contributed by atoms with Crippen LogP contribution in [0.3, 0.4) is 0 Å². The summed E-state index contributed by atoms with van der Waals surface area (Å²) in [5, 5.41) is 0. The average molecular weight is 261 g/mol. The standard InChI is InChI=1S/C16H23NO2/c1-12(13-9-7-6-8-10-13)11-17-14-18-15(2,3)16(4,5)19-14/h6-10,12H,11H2,1-5H3. The molecule has 19 heavy (non-hydrogen) atoms. The van der Waals surface area contributed by atoms with Gasteiger partial charge in [-0.25, -0.2) is 4.99 Å². The number of rotatable bonds is 3. The summed E-state index contributed by atoms with van der Waals surface area (Å²) in [5.74, 6) is 0.354. The predicted octanol–water partition coefficient (Wildman–Crippen LogP) is 3.75. The number of aliphatic imine (C=N–C) groups is 1. The van der Waals surface area contributed by atoms with Crippen LogP contribution in [0.25, 0.3) is 0 Å². The first-order valence-corrected chi connectivity index (χ1v) is 6.79. The van der Waals surface area contributed by atoms with Crippen LogP contribution in [0.5, 0.6) is 0 Å². The van der Waals surface area contributed by atoms with Crippen molar-refractivity contribution in [2.45, 2.75) is 51.7 Å². The Morgan fingerprint density at radius 3 is 2.05 bits per heavy atom. The van der Waals surface area contributed by atoms with E-state index in [4.69, 9.17) is 9.47 Å². The molecule has 1 unspecified atom stereocenters. The molecule has 1 fully saturated rings. The van der Waals surface area contributed by atoms with E-state index < -0.39 is 0 Å². The lowest BCUT2D eigenvalue weighted by Gasteiger charge is -2.28. The summed E-state index contributed by atoms with van der Waals surface area (Å²) >= 11 is 0. The smallest absolute Gasteiger partial charge is 0.384 e. The molecule has 3 heteroatoms. The van der Waals surface area contributed by atoms with Gasteiger partial charge in [0.25, 0.3) is 0 Å². The highest BCUT2D eigenvalue weighted by molar-refractivity contribution is 5.70. The van der Waals surface area contributed by atoms with E-state index in [1.165, 1.54) is 5.56 Å². The maximum absolute atomic E-state index is 5.78. The van der Waals surface area contributed by atoms with E-state index in [0.29, 0.717) is 18.5 Å². The highest BCUT2D eigenvalue weighted by atomic mass is 16.7. The van der Waals surface area contributed by atoms with Crippen LogP contribution in [0.15, 0.2) is 35.3 Å². The number of ether oxygens (including phenoxy) is 2. The van der Waals surface area contributed by atoms with Gasteiger partial charge in [0.15, 0.2) is 0 Å². The Balaban J connectivity index is 2.01. The monoisotopic (exact) mass is 261 g/mol. The van der Waals surface area contributed by atoms with Crippen LogP contribution in [0.4, 0.5) is 0 Å². The van der Waals surface area contributed by atoms with Crippen molar-refractivity contribution in [2.24, 2.45) is 4.99 Å². The van der Waals surface area contributed by atoms with Crippen LogP contribution in [0.2, 0.25) is 0 Å². The Kier molecular flexibility index (Phi) is 3.57. The quantitative estimate of drug-likeness (QED) is 0.829. The van der Waals surface area contributed by atoms with Crippen LogP contribution < -0.4 is 0 Å². The molecule has 104 valence electrons. The summed E-state index contributed by atoms with van der Waals surface area (Å²) in [6.07, 6.45) is 0.415. The molecule has 0 N–H and O–H groups in total. The first-order valence-electron chi connectivity index (χ1n) is 6.79. The second-order valence-electron chi connectivity index (χ2n) is 6.14. The third-order valence-corrected chi connectivity index (χ3v) is 4.00. The molecule has 0 bridgehead atoms. The molecule has 0 amide bonds. The van der Waals surface area contributed by atoms with Crippen molar-refractivity contribution < 1.29 is 9.47 Å². The van der Waals surface area contributed by atoms with Crippen LogP contribution in [0, 0.1) is 0 Å². The summed E-state index contributed by atoms with van der Waals surface area (Å²) in [6, 6.07) is 10.4. The third-order valence-electron chi connectivity index (χ3n) is 4.00. The van der Waals surface area contributed by atoms with Crippen molar-refractivity contribution in [3.05, 3.63) is 35.9 Å². The van der Waals surface area contributed by atoms with Crippen molar-refractivity contribution >= 4 is 6.08 Å². The zero-order valence-corrected chi connectivity index (χ0v) is 12.4. The fraction of sp³-hybridized carbons (Fsp3) is 0.562. The number of hydrogen-bond donors (Lipinski definition) is 0. The van der Waals surface area contributed by atoms with Crippen LogP contribution in [-0.2, 0) is 9.47 Å². The fourth-order valence-electron chi connectivity index (χ4n) is 1.87. The average Bonchev–Trinajstić information content (AvgIpc) is 2.56. The molecule has 0 saturated carbocycles. The van der Waals surface area contributed by atoms with Crippen molar-refractivity contribution in [3.63, 3.8) is 0 Å². The maximum atomic E-state index is 5.78. The number of benzene rings is 1. The van der Waals surface area contributed by atoms with Crippen LogP contribution in [0.1, 0.15) is 46.1 Å². The highest BCUT2D eigenvalue weighted by Gasteiger charge is 2.49. The Hall–Kier alpha value is -1.51. The van der Waals surface area contributed by atoms with Gasteiger partial charge in [-0.15, -0.1) is 0 Å². The molecule has 1 aromatic carbocycles. The molecule has 1 aliphatic rings. The molecule has 0 aromatic heterocycles. The van der Waals surface area contributed by atoms with E-state index in [9.17, 15) is 0 Å². The summed E-state index contributed by atoms with van der Waals surface area (Å²) < 4.78 is 11.6. The topological polar surface area (TPSA) is 30.8 Å². The predicted molar refractivity (Wildman–Crippen MR) is 77.5 cm³/mol. The minimum atomic E-state index is -0.345. The second-order valence-corrected chi connectivity index (χ2v) is 6.14. The maximum Gasteiger partial charge on any atom is 0.384 e. The van der Waals surface area contributed by atoms with E-state index >= 15 is 0 Å². The van der Waals surface area contributed by atoms with Gasteiger partial charge in [0.05, 0.1) is 6.54 Å². The van der Waals surface area contributed by atoms with Crippen molar-refractivity contribution in [3.8, 4) is 0 Å². The third kappa shape index (κ3) is 2.91. The largest absolute Gasteiger partial charge is 0.440 e. The minimum Gasteiger partial charge on any atom is -0.440 e. The second kappa shape index (κ2) is 4.87. The zero-order valence-electron chi connectivity index (χ0n) is 12.4. The van der Waals surface area contributed by atoms with Gasteiger partial charge < -0.3 is 9.47 Å². The molecule has 1 aromatic rings. The molecule has 2 rings (SSSR count). The summed E-state index contributed by atoms with van der Waals surface area (Å²) in [7, 11) is 0. The highest BCUT2D eigenvalue weighted by Crippen LogP contribution is 2.36. The molecule has 0 aliphatic carbocycles. The van der Waals surface area contributed by atoms with Gasteiger partial charge in [-0.1, -0.05) is 37.3 Å². The fourth-order valence-corrected chi connectivity index (χ4v) is 1.87. The van der Waals surface area contributed by atoms with E-state index in [2.05, 4.69) is 24.0 Å². The van der Waals surface area contributed by atoms with Crippen LogP contribution >= 0.6 is 0 Å². The molecule has 0 spiro atoms. The van der Waals surface area contributed by atoms with Gasteiger partial charge in [0.2, 0.25) is 0 Å². The summed E-state index contributed by atoms with van der Waals surface area (Å²) in [6.45, 7) is 10.9. The Labute approximate surface area is 115 Å². The molecule has 1 aliphatic heterocycles. The normalized spacial score (nSPS) is 21.4. The van der Waals surface area contributed by atoms with Crippen molar-refractivity contribution in [2.75, 3.05) is 6.54 Å². The Morgan fingerprint density at radius 1 is 1.00 bits per heavy atom. The van der Waals surface area contributed by atoms with Gasteiger partial charge >= 0.3 is 6.08 Å². The number of hydrogen-bond acceptors (Lipinski definition) is 3. The lowest BCUT2D eigenvalue weighted by molar-refractivity contribution is 0.00578. The molecule has 1 heterocycles. The van der Waals surface area contributed by atoms with E-state index in [1.54, 1.807) is 0 Å². The Morgan fingerprint density at radius 2 is 1.53 bits per heavy atom. The first-order chi connectivity index (χ1) is 8.82. The van der Waals surface area contributed by atoms with Crippen LogP contribution in [-0.4, -0.2) is 23.8 Å². The first kappa shape index (κ1) is 13.9. The zero-order chi connectivity index (χ0) is 14.1. The van der Waals surface area contributed by atoms with E-state index in [0.717, 1.165) is 0 Å². The molecule has 3 nitrogen and oxygen atoms in total. The summed E-state index contributed by atoms with van der Waals surface area (Å²) in [5.41, 5.74) is 0.590. The lowest BCUT2D eigenvalue weighted by Crippen LogP contribution is -2.41. The van der Waals surface area contributed by atoms with Gasteiger partial charge in [-0.2, -0.15) is 0 Å². The van der Waals surface area contributed by atoms with Gasteiger partial charge in [-0.3, -0.25) is 0 Å². The van der Waals surface area contributed by atoms with E-state index in [1.807, 2.05) is 45.9 Å². The van der Waals surface area contributed by atoms with Crippen molar-refractivity contribution in [1.29, 1.82) is 0 Å². The minimum absolute atomic E-state index is 0.345. The Bertz CT molecular complexity index is 445. The molecule has 1 saturated heterocycles. The van der Waals surface area contributed by atoms with Crippen molar-refractivity contribution in [1.82, 2.24) is 0 Å². The van der Waals surface area contributed by atoms with Gasteiger partial charge in [0.1, 0.15) is 11.2 Å². The molecular formula is C16H23NO2. The molecular weight excluding hydrogens is 238 g/mol. The lowest BCUT2D eigenvalue weighted by atomic mass is 9.90.